The van der Waals surface area contributed by atoms with Gasteiger partial charge in [0.15, 0.2) is 0 Å². The maximum Gasteiger partial charge on any atom is 0.429 e. The first-order chi connectivity index (χ1) is 8.63. The molecule has 6 heteroatoms. The fraction of sp³-hybridized carbons (Fsp3) is 0.667. The number of carbonyl (C=O) groups excluding carboxylic acids is 2. The van der Waals surface area contributed by atoms with Crippen molar-refractivity contribution in [1.29, 1.82) is 0 Å². The van der Waals surface area contributed by atoms with E-state index in [1.54, 1.807) is 13.8 Å². The lowest BCUT2D eigenvalue weighted by molar-refractivity contribution is -0.0139. The van der Waals surface area contributed by atoms with E-state index in [0.717, 1.165) is 12.0 Å². The third-order valence-electron chi connectivity index (χ3n) is 2.61. The Morgan fingerprint density at radius 1 is 1.11 bits per heavy atom. The SMILES string of the molecule is CCOC(=O)N1CC=C(CC)CN1C(=O)OCC. The molecule has 0 fully saturated rings. The highest BCUT2D eigenvalue weighted by Crippen LogP contribution is 2.16. The van der Waals surface area contributed by atoms with Gasteiger partial charge in [0.05, 0.1) is 26.3 Å². The van der Waals surface area contributed by atoms with Crippen molar-refractivity contribution < 1.29 is 19.1 Å². The van der Waals surface area contributed by atoms with Crippen molar-refractivity contribution in [3.8, 4) is 0 Å². The van der Waals surface area contributed by atoms with Gasteiger partial charge in [0, 0.05) is 0 Å². The van der Waals surface area contributed by atoms with Crippen molar-refractivity contribution in [3.05, 3.63) is 11.6 Å². The van der Waals surface area contributed by atoms with Crippen molar-refractivity contribution in [2.24, 2.45) is 0 Å². The molecular weight excluding hydrogens is 236 g/mol. The highest BCUT2D eigenvalue weighted by Gasteiger charge is 2.30. The van der Waals surface area contributed by atoms with E-state index < -0.39 is 12.2 Å². The molecule has 0 spiro atoms. The summed E-state index contributed by atoms with van der Waals surface area (Å²) in [5.74, 6) is 0. The smallest absolute Gasteiger partial charge is 0.429 e. The summed E-state index contributed by atoms with van der Waals surface area (Å²) in [7, 11) is 0. The van der Waals surface area contributed by atoms with Gasteiger partial charge >= 0.3 is 12.2 Å². The summed E-state index contributed by atoms with van der Waals surface area (Å²) in [6.07, 6.45) is 1.72. The summed E-state index contributed by atoms with van der Waals surface area (Å²) in [5.41, 5.74) is 1.10. The normalized spacial score (nSPS) is 15.2. The zero-order valence-corrected chi connectivity index (χ0v) is 11.1. The zero-order chi connectivity index (χ0) is 13.5. The lowest BCUT2D eigenvalue weighted by Gasteiger charge is -2.36. The van der Waals surface area contributed by atoms with Gasteiger partial charge in [0.1, 0.15) is 0 Å². The quantitative estimate of drug-likeness (QED) is 0.726. The third-order valence-corrected chi connectivity index (χ3v) is 2.61. The van der Waals surface area contributed by atoms with Gasteiger partial charge in [0.25, 0.3) is 0 Å². The first-order valence-electron chi connectivity index (χ1n) is 6.20. The van der Waals surface area contributed by atoms with Gasteiger partial charge in [0.2, 0.25) is 0 Å². The Kier molecular flexibility index (Phi) is 5.48. The fourth-order valence-corrected chi connectivity index (χ4v) is 1.64. The fourth-order valence-electron chi connectivity index (χ4n) is 1.64. The second kappa shape index (κ2) is 6.88. The summed E-state index contributed by atoms with van der Waals surface area (Å²) in [4.78, 5) is 23.5. The molecule has 0 aromatic carbocycles. The number of rotatable bonds is 3. The first kappa shape index (κ1) is 14.3. The van der Waals surface area contributed by atoms with Gasteiger partial charge in [-0.15, -0.1) is 0 Å². The van der Waals surface area contributed by atoms with Crippen LogP contribution in [0.4, 0.5) is 9.59 Å². The van der Waals surface area contributed by atoms with Crippen LogP contribution in [-0.2, 0) is 9.47 Å². The summed E-state index contributed by atoms with van der Waals surface area (Å²) in [6, 6.07) is 0. The molecule has 18 heavy (non-hydrogen) atoms. The average Bonchev–Trinajstić information content (AvgIpc) is 2.38. The molecule has 0 saturated carbocycles. The summed E-state index contributed by atoms with van der Waals surface area (Å²) < 4.78 is 9.86. The molecule has 0 atom stereocenters. The topological polar surface area (TPSA) is 59.1 Å². The largest absolute Gasteiger partial charge is 0.448 e. The highest BCUT2D eigenvalue weighted by molar-refractivity contribution is 5.75. The number of nitrogens with zero attached hydrogens (tertiary/aromatic N) is 2. The van der Waals surface area contributed by atoms with Gasteiger partial charge in [-0.3, -0.25) is 0 Å². The lowest BCUT2D eigenvalue weighted by atomic mass is 10.1. The summed E-state index contributed by atoms with van der Waals surface area (Å²) in [6.45, 7) is 6.72. The van der Waals surface area contributed by atoms with Crippen LogP contribution in [0.2, 0.25) is 0 Å². The van der Waals surface area contributed by atoms with E-state index in [-0.39, 0.29) is 13.2 Å². The Labute approximate surface area is 107 Å². The molecule has 1 rings (SSSR count). The minimum atomic E-state index is -0.531. The molecule has 1 aliphatic heterocycles. The van der Waals surface area contributed by atoms with Gasteiger partial charge in [-0.05, 0) is 20.3 Å². The van der Waals surface area contributed by atoms with Crippen LogP contribution in [0, 0.1) is 0 Å². The van der Waals surface area contributed by atoms with Crippen LogP contribution in [0.1, 0.15) is 27.2 Å². The second-order valence-corrected chi connectivity index (χ2v) is 3.75. The van der Waals surface area contributed by atoms with Crippen LogP contribution < -0.4 is 0 Å². The molecule has 0 saturated heterocycles. The van der Waals surface area contributed by atoms with E-state index in [0.29, 0.717) is 13.1 Å². The zero-order valence-electron chi connectivity index (χ0n) is 11.1. The summed E-state index contributed by atoms with van der Waals surface area (Å²) >= 11 is 0. The standard InChI is InChI=1S/C12H20N2O4/c1-4-10-7-8-13(11(15)17-5-2)14(9-10)12(16)18-6-3/h7H,4-6,8-9H2,1-3H3. The van der Waals surface area contributed by atoms with E-state index in [1.807, 2.05) is 13.0 Å². The van der Waals surface area contributed by atoms with Gasteiger partial charge < -0.3 is 9.47 Å². The molecule has 1 heterocycles. The van der Waals surface area contributed by atoms with E-state index in [2.05, 4.69) is 0 Å². The van der Waals surface area contributed by atoms with E-state index >= 15 is 0 Å². The van der Waals surface area contributed by atoms with Crippen LogP contribution in [0.15, 0.2) is 11.6 Å². The van der Waals surface area contributed by atoms with Gasteiger partial charge in [-0.2, -0.15) is 0 Å². The maximum absolute atomic E-state index is 11.8. The molecule has 0 N–H and O–H groups in total. The molecule has 1 aliphatic rings. The third kappa shape index (κ3) is 3.38. The van der Waals surface area contributed by atoms with E-state index in [4.69, 9.17) is 9.47 Å². The van der Waals surface area contributed by atoms with Crippen molar-refractivity contribution in [3.63, 3.8) is 0 Å². The predicted molar refractivity (Wildman–Crippen MR) is 65.8 cm³/mol. The number of ether oxygens (including phenoxy) is 2. The molecular formula is C12H20N2O4. The molecule has 0 bridgehead atoms. The van der Waals surface area contributed by atoms with Crippen LogP contribution >= 0.6 is 0 Å². The first-order valence-corrected chi connectivity index (χ1v) is 6.20. The van der Waals surface area contributed by atoms with Crippen LogP contribution in [0.25, 0.3) is 0 Å². The predicted octanol–water partition coefficient (Wildman–Crippen LogP) is 2.17. The molecule has 0 aromatic heterocycles. The minimum Gasteiger partial charge on any atom is -0.448 e. The van der Waals surface area contributed by atoms with E-state index in [1.165, 1.54) is 10.0 Å². The molecule has 0 radical (unpaired) electrons. The average molecular weight is 256 g/mol. The van der Waals surface area contributed by atoms with Crippen LogP contribution in [-0.4, -0.2) is 48.5 Å². The Hall–Kier alpha value is -1.72. The lowest BCUT2D eigenvalue weighted by Crippen LogP contribution is -2.53. The minimum absolute atomic E-state index is 0.274. The van der Waals surface area contributed by atoms with Gasteiger partial charge in [-0.25, -0.2) is 19.6 Å². The summed E-state index contributed by atoms with van der Waals surface area (Å²) in [5, 5.41) is 2.56. The maximum atomic E-state index is 11.8. The number of hydrogen-bond acceptors (Lipinski definition) is 4. The van der Waals surface area contributed by atoms with Crippen molar-refractivity contribution >= 4 is 12.2 Å². The van der Waals surface area contributed by atoms with Crippen molar-refractivity contribution in [1.82, 2.24) is 10.0 Å². The Morgan fingerprint density at radius 2 is 1.67 bits per heavy atom. The monoisotopic (exact) mass is 256 g/mol. The molecule has 0 aliphatic carbocycles. The van der Waals surface area contributed by atoms with Crippen molar-refractivity contribution in [2.75, 3.05) is 26.3 Å². The highest BCUT2D eigenvalue weighted by atomic mass is 16.6. The molecule has 0 aromatic rings. The Bertz CT molecular complexity index is 341. The Balaban J connectivity index is 2.81. The van der Waals surface area contributed by atoms with E-state index in [9.17, 15) is 9.59 Å². The van der Waals surface area contributed by atoms with Crippen LogP contribution in [0.5, 0.6) is 0 Å². The number of hydrazine groups is 1. The number of hydrogen-bond donors (Lipinski definition) is 0. The Morgan fingerprint density at radius 3 is 2.17 bits per heavy atom. The molecule has 0 unspecified atom stereocenters. The van der Waals surface area contributed by atoms with Crippen molar-refractivity contribution in [2.45, 2.75) is 27.2 Å². The molecule has 6 nitrogen and oxygen atoms in total. The number of carbonyl (C=O) groups is 2. The molecule has 102 valence electrons. The number of amides is 2. The van der Waals surface area contributed by atoms with Gasteiger partial charge in [-0.1, -0.05) is 18.6 Å². The van der Waals surface area contributed by atoms with Crippen LogP contribution in [0.3, 0.4) is 0 Å². The molecule has 2 amide bonds. The second-order valence-electron chi connectivity index (χ2n) is 3.75.